The Kier molecular flexibility index (Phi) is 2.88. The zero-order valence-corrected chi connectivity index (χ0v) is 9.56. The lowest BCUT2D eigenvalue weighted by Gasteiger charge is -1.92. The maximum Gasteiger partial charge on any atom is 0.204 e. The van der Waals surface area contributed by atoms with Gasteiger partial charge in [0.2, 0.25) is 5.78 Å². The Hall–Kier alpha value is -1.13. The van der Waals surface area contributed by atoms with Gasteiger partial charge in [-0.05, 0) is 30.7 Å². The first-order valence-electron chi connectivity index (χ1n) is 4.34. The fourth-order valence-electron chi connectivity index (χ4n) is 1.21. The molecule has 2 heterocycles. The minimum absolute atomic E-state index is 0.104. The number of halogens is 1. The topological polar surface area (TPSA) is 43.1 Å². The average molecular weight is 242 g/mol. The number of rotatable bonds is 3. The number of aryl methyl sites for hydroxylation is 1. The van der Waals surface area contributed by atoms with Crippen LogP contribution in [0, 0.1) is 6.92 Å². The molecule has 0 aliphatic rings. The van der Waals surface area contributed by atoms with E-state index < -0.39 is 0 Å². The molecule has 2 aromatic heterocycles. The molecule has 0 unspecified atom stereocenters. The molecule has 2 aromatic rings. The molecule has 0 atom stereocenters. The number of hydrogen-bond donors (Lipinski definition) is 0. The van der Waals surface area contributed by atoms with Crippen molar-refractivity contribution in [1.82, 2.24) is 4.98 Å². The number of Topliss-reactive ketones (excluding diaryl/α,β-unsaturated/α-hetero) is 1. The third-order valence-electron chi connectivity index (χ3n) is 1.86. The zero-order chi connectivity index (χ0) is 10.8. The van der Waals surface area contributed by atoms with Gasteiger partial charge in [-0.25, -0.2) is 4.98 Å². The Morgan fingerprint density at radius 1 is 1.60 bits per heavy atom. The van der Waals surface area contributed by atoms with Crippen molar-refractivity contribution in [3.05, 3.63) is 39.2 Å². The second-order valence-electron chi connectivity index (χ2n) is 3.06. The summed E-state index contributed by atoms with van der Waals surface area (Å²) in [6.45, 7) is 1.91. The minimum atomic E-state index is -0.104. The Morgan fingerprint density at radius 2 is 2.40 bits per heavy atom. The highest BCUT2D eigenvalue weighted by molar-refractivity contribution is 7.09. The number of nitrogens with zero attached hydrogens (tertiary/aromatic N) is 1. The van der Waals surface area contributed by atoms with Crippen LogP contribution in [0.5, 0.6) is 0 Å². The molecule has 0 fully saturated rings. The first-order valence-corrected chi connectivity index (χ1v) is 5.60. The maximum atomic E-state index is 11.6. The molecule has 0 radical (unpaired) electrons. The molecule has 78 valence electrons. The van der Waals surface area contributed by atoms with Crippen LogP contribution in [-0.4, -0.2) is 10.8 Å². The van der Waals surface area contributed by atoms with E-state index in [1.165, 1.54) is 11.3 Å². The summed E-state index contributed by atoms with van der Waals surface area (Å²) in [6, 6.07) is 3.13. The normalized spacial score (nSPS) is 10.5. The van der Waals surface area contributed by atoms with Crippen LogP contribution in [0.15, 0.2) is 21.9 Å². The first-order chi connectivity index (χ1) is 7.15. The van der Waals surface area contributed by atoms with Gasteiger partial charge in [-0.15, -0.1) is 11.3 Å². The fraction of sp³-hybridized carbons (Fsp3) is 0.200. The predicted molar refractivity (Wildman–Crippen MR) is 58.6 cm³/mol. The van der Waals surface area contributed by atoms with Gasteiger partial charge in [-0.2, -0.15) is 0 Å². The Morgan fingerprint density at radius 3 is 2.93 bits per heavy atom. The van der Waals surface area contributed by atoms with E-state index in [9.17, 15) is 4.79 Å². The van der Waals surface area contributed by atoms with E-state index in [0.717, 1.165) is 10.7 Å². The van der Waals surface area contributed by atoms with Gasteiger partial charge in [0.25, 0.3) is 0 Å². The van der Waals surface area contributed by atoms with Gasteiger partial charge >= 0.3 is 0 Å². The summed E-state index contributed by atoms with van der Waals surface area (Å²) in [5, 5.41) is 3.06. The molecule has 0 N–H and O–H groups in total. The monoisotopic (exact) mass is 241 g/mol. The molecule has 0 bridgehead atoms. The third kappa shape index (κ3) is 2.46. The third-order valence-corrected chi connectivity index (χ3v) is 2.88. The van der Waals surface area contributed by atoms with Crippen LogP contribution >= 0.6 is 22.9 Å². The zero-order valence-electron chi connectivity index (χ0n) is 7.99. The molecule has 2 rings (SSSR count). The number of ketones is 1. The number of furan rings is 1. The number of aromatic nitrogens is 1. The highest BCUT2D eigenvalue weighted by atomic mass is 35.5. The van der Waals surface area contributed by atoms with Gasteiger partial charge in [0, 0.05) is 5.38 Å². The Balaban J connectivity index is 2.10. The highest BCUT2D eigenvalue weighted by Crippen LogP contribution is 2.16. The van der Waals surface area contributed by atoms with Crippen molar-refractivity contribution in [3.8, 4) is 0 Å². The fourth-order valence-corrected chi connectivity index (χ4v) is 1.96. The first kappa shape index (κ1) is 10.4. The number of carbonyl (C=O) groups is 1. The van der Waals surface area contributed by atoms with Crippen molar-refractivity contribution in [2.24, 2.45) is 0 Å². The Labute approximate surface area is 95.7 Å². The van der Waals surface area contributed by atoms with Gasteiger partial charge in [0.15, 0.2) is 11.0 Å². The summed E-state index contributed by atoms with van der Waals surface area (Å²) >= 11 is 7.11. The summed E-state index contributed by atoms with van der Waals surface area (Å²) in [6.07, 6.45) is 0.258. The molecule has 15 heavy (non-hydrogen) atoms. The van der Waals surface area contributed by atoms with Crippen molar-refractivity contribution >= 4 is 28.7 Å². The molecular weight excluding hydrogens is 234 g/mol. The van der Waals surface area contributed by atoms with Crippen LogP contribution in [0.4, 0.5) is 0 Å². The molecular formula is C10H8ClNO2S. The van der Waals surface area contributed by atoms with E-state index in [1.807, 2.05) is 12.3 Å². The molecule has 3 nitrogen and oxygen atoms in total. The molecule has 0 spiro atoms. The molecule has 0 saturated carbocycles. The summed E-state index contributed by atoms with van der Waals surface area (Å²) < 4.78 is 5.02. The van der Waals surface area contributed by atoms with Crippen molar-refractivity contribution < 1.29 is 9.21 Å². The van der Waals surface area contributed by atoms with Crippen molar-refractivity contribution in [2.45, 2.75) is 13.3 Å². The van der Waals surface area contributed by atoms with Crippen LogP contribution in [0.2, 0.25) is 5.22 Å². The van der Waals surface area contributed by atoms with Gasteiger partial charge in [0.1, 0.15) is 0 Å². The van der Waals surface area contributed by atoms with E-state index in [4.69, 9.17) is 16.0 Å². The van der Waals surface area contributed by atoms with E-state index in [-0.39, 0.29) is 23.2 Å². The van der Waals surface area contributed by atoms with Crippen LogP contribution in [0.3, 0.4) is 0 Å². The van der Waals surface area contributed by atoms with Gasteiger partial charge in [0.05, 0.1) is 17.1 Å². The standard InChI is InChI=1S/C10H8ClNO2S/c1-6-12-7(5-15-6)4-8(13)9-2-3-10(11)14-9/h2-3,5H,4H2,1H3. The molecule has 0 aromatic carbocycles. The highest BCUT2D eigenvalue weighted by Gasteiger charge is 2.12. The Bertz CT molecular complexity index is 489. The molecule has 0 aliphatic heterocycles. The van der Waals surface area contributed by atoms with Crippen LogP contribution in [0.1, 0.15) is 21.3 Å². The van der Waals surface area contributed by atoms with Crippen molar-refractivity contribution in [1.29, 1.82) is 0 Å². The average Bonchev–Trinajstić information content (AvgIpc) is 2.75. The number of carbonyl (C=O) groups excluding carboxylic acids is 1. The van der Waals surface area contributed by atoms with Gasteiger partial charge < -0.3 is 4.42 Å². The summed E-state index contributed by atoms with van der Waals surface area (Å²) in [5.74, 6) is 0.179. The van der Waals surface area contributed by atoms with E-state index in [1.54, 1.807) is 12.1 Å². The second-order valence-corrected chi connectivity index (χ2v) is 4.50. The lowest BCUT2D eigenvalue weighted by molar-refractivity contribution is 0.0965. The van der Waals surface area contributed by atoms with Gasteiger partial charge in [-0.3, -0.25) is 4.79 Å². The predicted octanol–water partition coefficient (Wildman–Crippen LogP) is 3.12. The van der Waals surface area contributed by atoms with Crippen LogP contribution in [0.25, 0.3) is 0 Å². The molecule has 5 heteroatoms. The number of hydrogen-bond acceptors (Lipinski definition) is 4. The second kappa shape index (κ2) is 4.16. The van der Waals surface area contributed by atoms with Crippen LogP contribution in [-0.2, 0) is 6.42 Å². The van der Waals surface area contributed by atoms with Crippen molar-refractivity contribution in [3.63, 3.8) is 0 Å². The largest absolute Gasteiger partial charge is 0.442 e. The summed E-state index contributed by atoms with van der Waals surface area (Å²) in [7, 11) is 0. The molecule has 0 amide bonds. The molecule has 0 saturated heterocycles. The van der Waals surface area contributed by atoms with E-state index in [0.29, 0.717) is 0 Å². The maximum absolute atomic E-state index is 11.6. The van der Waals surface area contributed by atoms with E-state index in [2.05, 4.69) is 4.98 Å². The lowest BCUT2D eigenvalue weighted by atomic mass is 10.2. The van der Waals surface area contributed by atoms with Crippen LogP contribution < -0.4 is 0 Å². The van der Waals surface area contributed by atoms with Crippen molar-refractivity contribution in [2.75, 3.05) is 0 Å². The smallest absolute Gasteiger partial charge is 0.204 e. The number of thiazole rings is 1. The van der Waals surface area contributed by atoms with Gasteiger partial charge in [-0.1, -0.05) is 0 Å². The quantitative estimate of drug-likeness (QED) is 0.776. The molecule has 0 aliphatic carbocycles. The summed E-state index contributed by atoms with van der Waals surface area (Å²) in [4.78, 5) is 15.9. The minimum Gasteiger partial charge on any atom is -0.442 e. The summed E-state index contributed by atoms with van der Waals surface area (Å²) in [5.41, 5.74) is 0.773. The van der Waals surface area contributed by atoms with E-state index >= 15 is 0 Å². The lowest BCUT2D eigenvalue weighted by Crippen LogP contribution is -2.02. The SMILES string of the molecule is Cc1nc(CC(=O)c2ccc(Cl)o2)cs1.